The number of nitrogens with zero attached hydrogens (tertiary/aromatic N) is 5. The molecule has 4 aromatic rings. The lowest BCUT2D eigenvalue weighted by Crippen LogP contribution is -2.46. The van der Waals surface area contributed by atoms with Gasteiger partial charge in [0.05, 0.1) is 56.2 Å². The molecule has 8 rings (SSSR count). The Morgan fingerprint density at radius 3 is 1.08 bits per heavy atom. The zero-order valence-electron chi connectivity index (χ0n) is 69.7. The number of aromatic amines is 4. The van der Waals surface area contributed by atoms with Gasteiger partial charge in [-0.2, -0.15) is 13.2 Å². The zero-order valence-corrected chi connectivity index (χ0v) is 74.1. The molecule has 8 heterocycles. The molecular formula is C74H119F3N12O25P4S. The van der Waals surface area contributed by atoms with Gasteiger partial charge in [-0.3, -0.25) is 81.4 Å². The Bertz CT molecular complexity index is 4780. The van der Waals surface area contributed by atoms with Gasteiger partial charge in [0.25, 0.3) is 22.2 Å². The lowest BCUT2D eigenvalue weighted by atomic mass is 10.1. The number of nitrogens with one attached hydrogen (secondary N) is 7. The van der Waals surface area contributed by atoms with Gasteiger partial charge in [0.2, 0.25) is 0 Å². The second-order valence-corrected chi connectivity index (χ2v) is 51.3. The van der Waals surface area contributed by atoms with Gasteiger partial charge in [-0.05, 0) is 157 Å². The maximum absolute atomic E-state index is 13.2. The summed E-state index contributed by atoms with van der Waals surface area (Å²) >= 11 is 5.20. The van der Waals surface area contributed by atoms with Crippen LogP contribution in [0.25, 0.3) is 0 Å². The van der Waals surface area contributed by atoms with Gasteiger partial charge in [-0.1, -0.05) is 0 Å². The number of Topliss-reactive ketones (excluding diaryl/α,β-unsaturated/α-hetero) is 3. The van der Waals surface area contributed by atoms with E-state index in [0.29, 0.717) is 37.4 Å². The molecule has 4 aromatic heterocycles. The number of hydrogen-bond acceptors (Lipinski definition) is 29. The first-order valence-electron chi connectivity index (χ1n) is 37.9. The number of esters is 1. The summed E-state index contributed by atoms with van der Waals surface area (Å²) in [5.74, 6) is -3.74. The third kappa shape index (κ3) is 32.0. The van der Waals surface area contributed by atoms with Crippen LogP contribution >= 0.6 is 39.8 Å². The zero-order chi connectivity index (χ0) is 90.3. The molecule has 0 bridgehead atoms. The first-order chi connectivity index (χ1) is 54.7. The van der Waals surface area contributed by atoms with E-state index in [2.05, 4.69) is 96.1 Å². The second-order valence-electron chi connectivity index (χ2n) is 33.6. The Morgan fingerprint density at radius 1 is 0.479 bits per heavy atom. The van der Waals surface area contributed by atoms with Crippen LogP contribution in [0.3, 0.4) is 0 Å². The largest absolute Gasteiger partial charge is 0.471 e. The number of aromatic nitrogens is 8. The number of carbonyl (C=O) groups is 5. The first kappa shape index (κ1) is 103. The number of hydrogen-bond donors (Lipinski definition) is 14. The lowest BCUT2D eigenvalue weighted by molar-refractivity contribution is -0.188. The van der Waals surface area contributed by atoms with E-state index >= 15 is 0 Å². The third-order valence-electron chi connectivity index (χ3n) is 18.6. The van der Waals surface area contributed by atoms with Crippen LogP contribution in [0.5, 0.6) is 0 Å². The Labute approximate surface area is 690 Å². The average Bonchev–Trinajstić information content (AvgIpc) is 1.70. The lowest BCUT2D eigenvalue weighted by Gasteiger charge is -2.26. The van der Waals surface area contributed by atoms with Crippen molar-refractivity contribution < 1.29 is 101 Å². The molecule has 119 heavy (non-hydrogen) atoms. The highest BCUT2D eigenvalue weighted by Crippen LogP contribution is 2.43. The predicted octanol–water partition coefficient (Wildman–Crippen LogP) is -0.688. The molecule has 4 fully saturated rings. The summed E-state index contributed by atoms with van der Waals surface area (Å²) in [7, 11) is 1.44. The number of amides is 1. The van der Waals surface area contributed by atoms with Crippen LogP contribution in [-0.2, 0) is 78.6 Å². The second kappa shape index (κ2) is 43.7. The molecule has 0 radical (unpaired) electrons. The van der Waals surface area contributed by atoms with Crippen LogP contribution in [0.1, 0.15) is 114 Å². The predicted molar refractivity (Wildman–Crippen MR) is 454 cm³/mol. The minimum absolute atomic E-state index is 0.0455. The van der Waals surface area contributed by atoms with Crippen molar-refractivity contribution in [2.75, 3.05) is 111 Å². The fourth-order valence-electron chi connectivity index (χ4n) is 12.5. The fourth-order valence-corrected chi connectivity index (χ4v) is 16.6. The maximum Gasteiger partial charge on any atom is 0.471 e. The van der Waals surface area contributed by atoms with Crippen molar-refractivity contribution in [2.45, 2.75) is 203 Å². The topological polar surface area (TPSA) is 524 Å². The van der Waals surface area contributed by atoms with Crippen LogP contribution in [0.4, 0.5) is 13.2 Å². The number of alkyl halides is 3. The standard InChI is InChI=1S/C22H33F3N3O8P.C18H30N3O6P.C17H28N3O6P.C17H28N3O5PS/c1-21(2,3)36-14(29)11-27(19(33)22(23,24)25)9-12-10-28(20(34)26-17(12)32)18-16(31)15(30)13(35-18)7-8-37(4,5)6;1-11(22)8-19-9-12-10-21(18(25)20-16(12)24)17-15(26-2)14(23)13(27-17)6-7-28(3,4)5;1-10(21)7-18-8-11-9-20(17(25)19-15(11)24)16-14(23)13(22)12(26-16)5-6-27(2,3)4;1-10(21)7-18-8-11-9-20(17(27)19-15(11)24)16-14(23)13(22)12(25-16)5-6-26(2,3)4/h10,13,15-16,18,30-31H,4,7-9,11H2,1-3,5-6H3,(H,26,32,34);10,13-15,17,19,23H,3,6-9H2,1-2,4-5H3,(H,20,24,25);9,12-14,16,18,22-23H,2,5-8H2,1,3-4H3,(H,19,24,25);9,12-14,16,18,22-23H,2,5-8H2,1,3-4H3,(H,19,24,27)/t13-,15-,16-,18-;13-,14-,15-,17-;2*12-,13-,14-,16-/m1111/s1. The SMILES string of the molecule is C=P(C)(C)CC[C@H]1O[C@@H](n2cc(CN(CC(=O)OC(C)(C)C)C(=O)C(F)(F)F)c(=O)[nH]c2=O)[C@H](O)[C@@H]1O.C=P(C)(C)CC[C@H]1O[C@@H](n2cc(CNCC(C)=O)c(=O)[nH]c2=O)[C@H](O)[C@@H]1O.C=P(C)(C)CC[C@H]1O[C@@H](n2cc(CNCC(C)=O)c(=O)[nH]c2=O)[C@H](OC)[C@@H]1O.C=P(C)(C)CC[C@H]1O[C@@H](n2cc(CNCC(C)=O)c(=O)[nH]c2=S)[C@H](O)[C@@H]1O. The maximum atomic E-state index is 13.2. The van der Waals surface area contributed by atoms with Crippen LogP contribution in [0.2, 0.25) is 0 Å². The number of methoxy groups -OCH3 is 1. The van der Waals surface area contributed by atoms with Crippen molar-refractivity contribution in [1.82, 2.24) is 59.1 Å². The number of ketones is 3. The van der Waals surface area contributed by atoms with E-state index in [9.17, 15) is 106 Å². The molecule has 0 aromatic carbocycles. The van der Waals surface area contributed by atoms with Crippen LogP contribution in [0, 0.1) is 4.77 Å². The molecule has 14 N–H and O–H groups in total. The normalized spacial score (nSPS) is 24.6. The van der Waals surface area contributed by atoms with Gasteiger partial charge in [0.1, 0.15) is 78.3 Å². The first-order valence-corrected chi connectivity index (χ1v) is 50.5. The van der Waals surface area contributed by atoms with E-state index in [1.54, 1.807) is 0 Å². The van der Waals surface area contributed by atoms with E-state index < -0.39 is 202 Å². The molecule has 4 aliphatic heterocycles. The molecule has 4 aliphatic rings. The molecular weight excluding hydrogens is 1670 g/mol. The summed E-state index contributed by atoms with van der Waals surface area (Å²) in [6, 6.07) is 0. The molecule has 37 nitrogen and oxygen atoms in total. The van der Waals surface area contributed by atoms with Crippen LogP contribution < -0.4 is 55.3 Å². The monoisotopic (exact) mass is 1790 g/mol. The van der Waals surface area contributed by atoms with Crippen molar-refractivity contribution in [1.29, 1.82) is 0 Å². The third-order valence-corrected chi connectivity index (χ3v) is 24.8. The van der Waals surface area contributed by atoms with Gasteiger partial charge in [0.15, 0.2) is 29.7 Å². The number of H-pyrrole nitrogens is 4. The molecule has 0 unspecified atom stereocenters. The molecule has 672 valence electrons. The molecule has 0 spiro atoms. The minimum Gasteiger partial charge on any atom is -0.459 e. The van der Waals surface area contributed by atoms with Crippen LogP contribution in [0.15, 0.2) is 58.3 Å². The molecule has 0 saturated carbocycles. The Morgan fingerprint density at radius 2 is 0.765 bits per heavy atom. The molecule has 0 aliphatic carbocycles. The number of aliphatic hydroxyl groups excluding tert-OH is 7. The molecule has 45 heteroatoms. The van der Waals surface area contributed by atoms with E-state index in [1.165, 1.54) is 76.4 Å². The summed E-state index contributed by atoms with van der Waals surface area (Å²) in [5, 5.41) is 81.4. The number of aliphatic hydroxyl groups is 7. The quantitative estimate of drug-likeness (QED) is 0.0159. The van der Waals surface area contributed by atoms with Crippen molar-refractivity contribution in [3.63, 3.8) is 0 Å². The van der Waals surface area contributed by atoms with Crippen LogP contribution in [-0.4, -0.2) is 330 Å². The Kier molecular flexibility index (Phi) is 37.8. The average molecular weight is 1790 g/mol. The van der Waals surface area contributed by atoms with Gasteiger partial charge in [-0.25, -0.2) is 14.4 Å². The minimum atomic E-state index is -5.37. The Balaban J connectivity index is 0.000000285. The smallest absolute Gasteiger partial charge is 0.459 e. The summed E-state index contributed by atoms with van der Waals surface area (Å²) in [5.41, 5.74) is -5.75. The van der Waals surface area contributed by atoms with Crippen molar-refractivity contribution in [3.8, 4) is 0 Å². The summed E-state index contributed by atoms with van der Waals surface area (Å²) in [6.45, 7) is 18.4. The van der Waals surface area contributed by atoms with E-state index in [-0.39, 0.29) is 83.0 Å². The number of rotatable bonds is 33. The molecule has 1 amide bonds. The summed E-state index contributed by atoms with van der Waals surface area (Å²) in [6.07, 6.45) is 5.07. The van der Waals surface area contributed by atoms with Crippen molar-refractivity contribution >= 4 is 94.2 Å². The molecule has 16 atom stereocenters. The van der Waals surface area contributed by atoms with E-state index in [4.69, 9.17) is 40.6 Å². The Hall–Kier alpha value is -6.52. The summed E-state index contributed by atoms with van der Waals surface area (Å²) in [4.78, 5) is 152. The van der Waals surface area contributed by atoms with Gasteiger partial charge < -0.3 is 85.0 Å². The highest BCUT2D eigenvalue weighted by Gasteiger charge is 2.49. The van der Waals surface area contributed by atoms with Gasteiger partial charge >= 0.3 is 35.1 Å². The number of carbonyl (C=O) groups excluding carboxylic acids is 5. The van der Waals surface area contributed by atoms with Gasteiger partial charge in [0, 0.05) is 68.2 Å². The number of ether oxygens (including phenoxy) is 6. The fraction of sp³-hybridized carbons (Fsp3) is 0.662. The van der Waals surface area contributed by atoms with Crippen molar-refractivity contribution in [2.24, 2.45) is 0 Å². The summed E-state index contributed by atoms with van der Waals surface area (Å²) < 4.78 is 77.8. The van der Waals surface area contributed by atoms with Gasteiger partial charge in [-0.15, -0.1) is 52.7 Å². The molecule has 4 saturated heterocycles. The number of halogens is 3. The van der Waals surface area contributed by atoms with Crippen molar-refractivity contribution in [3.05, 3.63) is 125 Å². The van der Waals surface area contributed by atoms with E-state index in [1.807, 2.05) is 18.3 Å². The highest BCUT2D eigenvalue weighted by molar-refractivity contribution is 7.73. The highest BCUT2D eigenvalue weighted by atomic mass is 32.1. The van der Waals surface area contributed by atoms with E-state index in [0.717, 1.165) is 33.8 Å².